The minimum atomic E-state index is -3.63. The van der Waals surface area contributed by atoms with E-state index in [0.29, 0.717) is 38.4 Å². The van der Waals surface area contributed by atoms with Gasteiger partial charge in [-0.05, 0) is 42.2 Å². The minimum Gasteiger partial charge on any atom is -0.452 e. The average molecular weight is 381 g/mol. The highest BCUT2D eigenvalue weighted by Gasteiger charge is 2.34. The van der Waals surface area contributed by atoms with Crippen molar-refractivity contribution in [3.8, 4) is 0 Å². The van der Waals surface area contributed by atoms with Gasteiger partial charge in [-0.25, -0.2) is 13.1 Å². The maximum atomic E-state index is 12.6. The minimum absolute atomic E-state index is 0.142. The Kier molecular flexibility index (Phi) is 5.48. The standard InChI is InChI=1S/C13H21BrN2O4S/c1-3-15-9-10-8-11(12(14)20-10)21(17,18)16-13(2)4-6-19-7-5-13/h8,15-16H,3-7,9H2,1-2H3. The molecule has 1 aromatic rings. The fraction of sp³-hybridized carbons (Fsp3) is 0.692. The number of nitrogens with one attached hydrogen (secondary N) is 2. The Bertz CT molecular complexity index is 579. The van der Waals surface area contributed by atoms with Crippen LogP contribution in [0, 0.1) is 0 Å². The number of hydrogen-bond acceptors (Lipinski definition) is 5. The van der Waals surface area contributed by atoms with E-state index in [1.165, 1.54) is 0 Å². The first-order valence-corrected chi connectivity index (χ1v) is 9.24. The second-order valence-corrected chi connectivity index (χ2v) is 7.78. The van der Waals surface area contributed by atoms with Crippen molar-refractivity contribution in [2.45, 2.75) is 43.7 Å². The summed E-state index contributed by atoms with van der Waals surface area (Å²) >= 11 is 3.19. The third-order valence-corrected chi connectivity index (χ3v) is 6.02. The molecule has 120 valence electrons. The van der Waals surface area contributed by atoms with Crippen molar-refractivity contribution in [1.82, 2.24) is 10.0 Å². The molecule has 2 rings (SSSR count). The van der Waals surface area contributed by atoms with Gasteiger partial charge in [-0.15, -0.1) is 0 Å². The smallest absolute Gasteiger partial charge is 0.245 e. The summed E-state index contributed by atoms with van der Waals surface area (Å²) in [5.74, 6) is 0.584. The van der Waals surface area contributed by atoms with Crippen molar-refractivity contribution in [2.75, 3.05) is 19.8 Å². The van der Waals surface area contributed by atoms with Crippen LogP contribution in [0.4, 0.5) is 0 Å². The zero-order valence-electron chi connectivity index (χ0n) is 12.2. The lowest BCUT2D eigenvalue weighted by Crippen LogP contribution is -2.49. The van der Waals surface area contributed by atoms with Crippen molar-refractivity contribution < 1.29 is 17.6 Å². The Balaban J connectivity index is 2.17. The largest absolute Gasteiger partial charge is 0.452 e. The van der Waals surface area contributed by atoms with Crippen molar-refractivity contribution in [3.63, 3.8) is 0 Å². The van der Waals surface area contributed by atoms with Gasteiger partial charge in [0.05, 0.1) is 6.54 Å². The van der Waals surface area contributed by atoms with Gasteiger partial charge in [-0.3, -0.25) is 0 Å². The Hall–Kier alpha value is -0.410. The summed E-state index contributed by atoms with van der Waals surface area (Å²) in [5.41, 5.74) is -0.477. The SMILES string of the molecule is CCNCc1cc(S(=O)(=O)NC2(C)CCOCC2)c(Br)o1. The first-order valence-electron chi connectivity index (χ1n) is 6.97. The van der Waals surface area contributed by atoms with Gasteiger partial charge in [0.2, 0.25) is 10.0 Å². The summed E-state index contributed by atoms with van der Waals surface area (Å²) in [7, 11) is -3.63. The van der Waals surface area contributed by atoms with Gasteiger partial charge >= 0.3 is 0 Å². The summed E-state index contributed by atoms with van der Waals surface area (Å²) < 4.78 is 38.8. The molecule has 1 fully saturated rings. The zero-order valence-corrected chi connectivity index (χ0v) is 14.6. The van der Waals surface area contributed by atoms with Crippen LogP contribution in [0.1, 0.15) is 32.4 Å². The molecule has 0 radical (unpaired) electrons. The molecule has 1 saturated heterocycles. The topological polar surface area (TPSA) is 80.6 Å². The lowest BCUT2D eigenvalue weighted by molar-refractivity contribution is 0.0537. The molecule has 0 saturated carbocycles. The van der Waals surface area contributed by atoms with Crippen molar-refractivity contribution >= 4 is 26.0 Å². The third kappa shape index (κ3) is 4.29. The summed E-state index contributed by atoms with van der Waals surface area (Å²) in [6.45, 7) is 6.30. The normalized spacial score (nSPS) is 18.8. The van der Waals surface area contributed by atoms with E-state index in [2.05, 4.69) is 26.0 Å². The Labute approximate surface area is 133 Å². The lowest BCUT2D eigenvalue weighted by atomic mass is 9.94. The molecule has 0 aliphatic carbocycles. The highest BCUT2D eigenvalue weighted by Crippen LogP contribution is 2.29. The lowest BCUT2D eigenvalue weighted by Gasteiger charge is -2.33. The van der Waals surface area contributed by atoms with E-state index in [0.717, 1.165) is 6.54 Å². The molecular weight excluding hydrogens is 360 g/mol. The van der Waals surface area contributed by atoms with Crippen LogP contribution in [0.2, 0.25) is 0 Å². The predicted molar refractivity (Wildman–Crippen MR) is 82.6 cm³/mol. The number of furan rings is 1. The first kappa shape index (κ1) is 17.0. The molecule has 1 aromatic heterocycles. The van der Waals surface area contributed by atoms with Gasteiger partial charge in [-0.2, -0.15) is 0 Å². The quantitative estimate of drug-likeness (QED) is 0.788. The maximum Gasteiger partial charge on any atom is 0.245 e. The number of ether oxygens (including phenoxy) is 1. The van der Waals surface area contributed by atoms with Gasteiger partial charge in [-0.1, -0.05) is 6.92 Å². The second kappa shape index (κ2) is 6.78. The van der Waals surface area contributed by atoms with Crippen molar-refractivity contribution in [2.24, 2.45) is 0 Å². The summed E-state index contributed by atoms with van der Waals surface area (Å²) in [5, 5.41) is 3.10. The highest BCUT2D eigenvalue weighted by molar-refractivity contribution is 9.10. The zero-order chi connectivity index (χ0) is 15.5. The molecule has 6 nitrogen and oxygen atoms in total. The Morgan fingerprint density at radius 1 is 1.38 bits per heavy atom. The number of hydrogen-bond donors (Lipinski definition) is 2. The van der Waals surface area contributed by atoms with E-state index in [1.807, 2.05) is 13.8 Å². The molecule has 1 aliphatic rings. The maximum absolute atomic E-state index is 12.6. The van der Waals surface area contributed by atoms with Crippen LogP contribution in [0.15, 0.2) is 20.0 Å². The summed E-state index contributed by atoms with van der Waals surface area (Å²) in [6.07, 6.45) is 1.32. The van der Waals surface area contributed by atoms with Crippen LogP contribution in [-0.4, -0.2) is 33.7 Å². The molecule has 0 aromatic carbocycles. The molecule has 2 N–H and O–H groups in total. The van der Waals surface area contributed by atoms with Crippen LogP contribution in [-0.2, 0) is 21.3 Å². The molecule has 1 aliphatic heterocycles. The third-order valence-electron chi connectivity index (χ3n) is 3.52. The van der Waals surface area contributed by atoms with E-state index in [-0.39, 0.29) is 9.56 Å². The molecule has 0 amide bonds. The van der Waals surface area contributed by atoms with Gasteiger partial charge in [0.1, 0.15) is 10.7 Å². The number of rotatable bonds is 6. The number of sulfonamides is 1. The first-order chi connectivity index (χ1) is 9.86. The van der Waals surface area contributed by atoms with Crippen molar-refractivity contribution in [1.29, 1.82) is 0 Å². The average Bonchev–Trinajstić information content (AvgIpc) is 2.78. The van der Waals surface area contributed by atoms with Gasteiger partial charge in [0.25, 0.3) is 0 Å². The highest BCUT2D eigenvalue weighted by atomic mass is 79.9. The molecule has 0 spiro atoms. The van der Waals surface area contributed by atoms with E-state index in [1.54, 1.807) is 6.07 Å². The monoisotopic (exact) mass is 380 g/mol. The van der Waals surface area contributed by atoms with E-state index < -0.39 is 15.6 Å². The molecular formula is C13H21BrN2O4S. The molecule has 0 bridgehead atoms. The molecule has 21 heavy (non-hydrogen) atoms. The Morgan fingerprint density at radius 2 is 2.05 bits per heavy atom. The predicted octanol–water partition coefficient (Wildman–Crippen LogP) is 2.00. The van der Waals surface area contributed by atoms with Crippen LogP contribution in [0.3, 0.4) is 0 Å². The molecule has 8 heteroatoms. The molecule has 2 heterocycles. The van der Waals surface area contributed by atoms with Crippen molar-refractivity contribution in [3.05, 3.63) is 16.5 Å². The summed E-state index contributed by atoms with van der Waals surface area (Å²) in [6, 6.07) is 1.55. The van der Waals surface area contributed by atoms with E-state index in [4.69, 9.17) is 9.15 Å². The van der Waals surface area contributed by atoms with Crippen LogP contribution >= 0.6 is 15.9 Å². The number of halogens is 1. The Morgan fingerprint density at radius 3 is 2.67 bits per heavy atom. The van der Waals surface area contributed by atoms with Gasteiger partial charge in [0, 0.05) is 24.8 Å². The van der Waals surface area contributed by atoms with Gasteiger partial charge < -0.3 is 14.5 Å². The van der Waals surface area contributed by atoms with Gasteiger partial charge in [0.15, 0.2) is 4.67 Å². The fourth-order valence-corrected chi connectivity index (χ4v) is 4.68. The van der Waals surface area contributed by atoms with E-state index in [9.17, 15) is 8.42 Å². The van der Waals surface area contributed by atoms with E-state index >= 15 is 0 Å². The van der Waals surface area contributed by atoms with Crippen LogP contribution in [0.5, 0.6) is 0 Å². The second-order valence-electron chi connectivity index (χ2n) is 5.41. The fourth-order valence-electron chi connectivity index (χ4n) is 2.22. The van der Waals surface area contributed by atoms with Crippen LogP contribution in [0.25, 0.3) is 0 Å². The summed E-state index contributed by atoms with van der Waals surface area (Å²) in [4.78, 5) is 0.142. The molecule has 0 unspecified atom stereocenters. The van der Waals surface area contributed by atoms with Crippen LogP contribution < -0.4 is 10.0 Å². The molecule has 0 atom stereocenters.